The zero-order valence-electron chi connectivity index (χ0n) is 37.6. The molecular weight excluding hydrogens is 731 g/mol. The van der Waals surface area contributed by atoms with Crippen LogP contribution in [0.5, 0.6) is 0 Å². The Balaban J connectivity index is 2.31. The van der Waals surface area contributed by atoms with E-state index < -0.39 is 49.5 Å². The summed E-state index contributed by atoms with van der Waals surface area (Å²) >= 11 is 0. The summed E-state index contributed by atoms with van der Waals surface area (Å²) in [7, 11) is 0. The molecule has 7 atom stereocenters. The first-order valence-electron chi connectivity index (χ1n) is 24.6. The van der Waals surface area contributed by atoms with E-state index in [1.54, 1.807) is 6.08 Å². The molecule has 7 unspecified atom stereocenters. The topological polar surface area (TPSA) is 149 Å². The van der Waals surface area contributed by atoms with Crippen molar-refractivity contribution in [3.8, 4) is 0 Å². The van der Waals surface area contributed by atoms with Crippen LogP contribution in [0.15, 0.2) is 24.3 Å². The summed E-state index contributed by atoms with van der Waals surface area (Å²) in [5.41, 5.74) is 0. The van der Waals surface area contributed by atoms with Gasteiger partial charge in [-0.15, -0.1) is 0 Å². The van der Waals surface area contributed by atoms with Crippen LogP contribution < -0.4 is 5.32 Å². The third-order valence-electron chi connectivity index (χ3n) is 11.8. The Bertz CT molecular complexity index is 961. The van der Waals surface area contributed by atoms with Gasteiger partial charge in [0.25, 0.3) is 0 Å². The summed E-state index contributed by atoms with van der Waals surface area (Å²) in [6.07, 6.45) is 40.8. The van der Waals surface area contributed by atoms with Gasteiger partial charge in [-0.25, -0.2) is 0 Å². The molecular formula is C49H93NO8. The van der Waals surface area contributed by atoms with Crippen molar-refractivity contribution in [2.75, 3.05) is 13.2 Å². The van der Waals surface area contributed by atoms with E-state index >= 15 is 0 Å². The van der Waals surface area contributed by atoms with Gasteiger partial charge in [-0.05, 0) is 44.9 Å². The molecule has 1 rings (SSSR count). The molecule has 58 heavy (non-hydrogen) atoms. The van der Waals surface area contributed by atoms with Crippen molar-refractivity contribution in [2.24, 2.45) is 0 Å². The molecule has 9 nitrogen and oxygen atoms in total. The number of aliphatic hydroxyl groups is 5. The summed E-state index contributed by atoms with van der Waals surface area (Å²) in [5, 5.41) is 54.3. The number of unbranched alkanes of at least 4 members (excludes halogenated alkanes) is 29. The van der Waals surface area contributed by atoms with Crippen LogP contribution in [-0.4, -0.2) is 87.5 Å². The Labute approximate surface area is 356 Å². The first kappa shape index (κ1) is 54.7. The number of hydrogen-bond donors (Lipinski definition) is 6. The van der Waals surface area contributed by atoms with Gasteiger partial charge in [0.15, 0.2) is 6.29 Å². The maximum Gasteiger partial charge on any atom is 0.220 e. The van der Waals surface area contributed by atoms with Crippen LogP contribution in [0.1, 0.15) is 226 Å². The minimum Gasteiger partial charge on any atom is -0.394 e. The average Bonchev–Trinajstić information content (AvgIpc) is 3.22. The largest absolute Gasteiger partial charge is 0.394 e. The molecule has 1 aliphatic heterocycles. The van der Waals surface area contributed by atoms with Crippen LogP contribution in [0, 0.1) is 0 Å². The fourth-order valence-electron chi connectivity index (χ4n) is 7.80. The lowest BCUT2D eigenvalue weighted by molar-refractivity contribution is -0.302. The van der Waals surface area contributed by atoms with Gasteiger partial charge < -0.3 is 40.3 Å². The molecule has 0 saturated carbocycles. The number of amides is 1. The van der Waals surface area contributed by atoms with Crippen molar-refractivity contribution in [1.29, 1.82) is 0 Å². The second-order valence-electron chi connectivity index (χ2n) is 17.3. The van der Waals surface area contributed by atoms with Crippen LogP contribution >= 0.6 is 0 Å². The summed E-state index contributed by atoms with van der Waals surface area (Å²) < 4.78 is 11.2. The number of allylic oxidation sites excluding steroid dienone is 3. The Morgan fingerprint density at radius 2 is 0.966 bits per heavy atom. The van der Waals surface area contributed by atoms with Gasteiger partial charge in [0.1, 0.15) is 24.4 Å². The van der Waals surface area contributed by atoms with E-state index in [0.29, 0.717) is 6.42 Å². The molecule has 0 spiro atoms. The first-order valence-corrected chi connectivity index (χ1v) is 24.6. The molecule has 0 radical (unpaired) electrons. The predicted octanol–water partition coefficient (Wildman–Crippen LogP) is 10.7. The lowest BCUT2D eigenvalue weighted by Crippen LogP contribution is -2.60. The summed E-state index contributed by atoms with van der Waals surface area (Å²) in [4.78, 5) is 13.0. The molecule has 6 N–H and O–H groups in total. The molecule has 342 valence electrons. The smallest absolute Gasteiger partial charge is 0.220 e. The van der Waals surface area contributed by atoms with E-state index in [4.69, 9.17) is 9.47 Å². The maximum atomic E-state index is 13.0. The van der Waals surface area contributed by atoms with E-state index in [-0.39, 0.29) is 12.5 Å². The van der Waals surface area contributed by atoms with E-state index in [0.717, 1.165) is 38.5 Å². The van der Waals surface area contributed by atoms with Gasteiger partial charge in [-0.1, -0.05) is 199 Å². The molecule has 1 fully saturated rings. The Morgan fingerprint density at radius 1 is 0.569 bits per heavy atom. The molecule has 1 heterocycles. The van der Waals surface area contributed by atoms with Gasteiger partial charge in [0.2, 0.25) is 5.91 Å². The quantitative estimate of drug-likeness (QED) is 0.0264. The highest BCUT2D eigenvalue weighted by Crippen LogP contribution is 2.23. The molecule has 1 aliphatic rings. The van der Waals surface area contributed by atoms with E-state index in [2.05, 4.69) is 31.3 Å². The standard InChI is InChI=1S/C49H93NO8/c1-3-5-7-9-11-13-15-17-19-20-21-22-23-25-27-29-31-33-35-37-39-45(53)50-42(41-57-49-48(56)47(55)46(54)44(40-51)58-49)43(52)38-36-34-32-30-28-26-24-18-16-14-12-10-8-6-4-2/h21-22,36,38,42-44,46-49,51-52,54-56H,3-20,23-35,37,39-41H2,1-2H3,(H,50,53)/b22-21-,38-36+. The number of hydrogen-bond acceptors (Lipinski definition) is 8. The van der Waals surface area contributed by atoms with Crippen molar-refractivity contribution in [2.45, 2.75) is 269 Å². The van der Waals surface area contributed by atoms with Crippen molar-refractivity contribution < 1.29 is 39.8 Å². The van der Waals surface area contributed by atoms with Crippen molar-refractivity contribution in [3.63, 3.8) is 0 Å². The fraction of sp³-hybridized carbons (Fsp3) is 0.898. The number of carbonyl (C=O) groups is 1. The Kier molecular flexibility index (Phi) is 37.5. The molecule has 0 aromatic carbocycles. The van der Waals surface area contributed by atoms with Crippen LogP contribution in [0.4, 0.5) is 0 Å². The van der Waals surface area contributed by atoms with E-state index in [9.17, 15) is 30.3 Å². The third kappa shape index (κ3) is 29.8. The van der Waals surface area contributed by atoms with Crippen LogP contribution in [0.2, 0.25) is 0 Å². The van der Waals surface area contributed by atoms with E-state index in [1.165, 1.54) is 167 Å². The lowest BCUT2D eigenvalue weighted by atomic mass is 9.99. The zero-order chi connectivity index (χ0) is 42.3. The second-order valence-corrected chi connectivity index (χ2v) is 17.3. The lowest BCUT2D eigenvalue weighted by Gasteiger charge is -2.40. The summed E-state index contributed by atoms with van der Waals surface area (Å²) in [6.45, 7) is 3.78. The zero-order valence-corrected chi connectivity index (χ0v) is 37.6. The molecule has 1 saturated heterocycles. The first-order chi connectivity index (χ1) is 28.3. The minimum absolute atomic E-state index is 0.180. The molecule has 0 aromatic rings. The molecule has 0 bridgehead atoms. The number of carbonyl (C=O) groups excluding carboxylic acids is 1. The summed E-state index contributed by atoms with van der Waals surface area (Å²) in [5.74, 6) is -0.180. The van der Waals surface area contributed by atoms with Crippen LogP contribution in [0.3, 0.4) is 0 Å². The molecule has 1 amide bonds. The minimum atomic E-state index is -1.56. The Morgan fingerprint density at radius 3 is 1.40 bits per heavy atom. The van der Waals surface area contributed by atoms with Crippen LogP contribution in [-0.2, 0) is 14.3 Å². The third-order valence-corrected chi connectivity index (χ3v) is 11.8. The number of rotatable bonds is 41. The molecule has 0 aromatic heterocycles. The van der Waals surface area contributed by atoms with Gasteiger partial charge in [0.05, 0.1) is 25.4 Å². The number of nitrogens with one attached hydrogen (secondary N) is 1. The number of aliphatic hydroxyl groups excluding tert-OH is 5. The highest BCUT2D eigenvalue weighted by Gasteiger charge is 2.44. The van der Waals surface area contributed by atoms with Gasteiger partial charge in [0, 0.05) is 6.42 Å². The fourth-order valence-corrected chi connectivity index (χ4v) is 7.80. The van der Waals surface area contributed by atoms with E-state index in [1.807, 2.05) is 6.08 Å². The SMILES string of the molecule is CCCCCCCCCCC/C=C\CCCCCCCCCC(=O)NC(COC1OC(CO)C(O)C(O)C1O)C(O)/C=C/CCCCCCCCCCCCCCC. The second kappa shape index (κ2) is 39.8. The summed E-state index contributed by atoms with van der Waals surface area (Å²) in [6, 6.07) is -0.804. The van der Waals surface area contributed by atoms with Gasteiger partial charge in [-0.2, -0.15) is 0 Å². The Hall–Kier alpha value is -1.33. The van der Waals surface area contributed by atoms with Gasteiger partial charge in [-0.3, -0.25) is 4.79 Å². The predicted molar refractivity (Wildman–Crippen MR) is 240 cm³/mol. The van der Waals surface area contributed by atoms with Crippen molar-refractivity contribution in [1.82, 2.24) is 5.32 Å². The highest BCUT2D eigenvalue weighted by molar-refractivity contribution is 5.76. The van der Waals surface area contributed by atoms with Gasteiger partial charge >= 0.3 is 0 Å². The van der Waals surface area contributed by atoms with Crippen LogP contribution in [0.25, 0.3) is 0 Å². The monoisotopic (exact) mass is 824 g/mol. The number of ether oxygens (including phenoxy) is 2. The molecule has 9 heteroatoms. The maximum absolute atomic E-state index is 13.0. The van der Waals surface area contributed by atoms with Crippen molar-refractivity contribution in [3.05, 3.63) is 24.3 Å². The van der Waals surface area contributed by atoms with Crippen molar-refractivity contribution >= 4 is 5.91 Å². The molecule has 0 aliphatic carbocycles. The normalized spacial score (nSPS) is 21.0. The highest BCUT2D eigenvalue weighted by atomic mass is 16.7. The average molecular weight is 824 g/mol.